The van der Waals surface area contributed by atoms with Gasteiger partial charge < -0.3 is 9.80 Å². The maximum absolute atomic E-state index is 12.3. The molecular weight excluding hydrogens is 374 g/mol. The zero-order chi connectivity index (χ0) is 18.1. The van der Waals surface area contributed by atoms with Crippen LogP contribution >= 0.6 is 22.7 Å². The predicted octanol–water partition coefficient (Wildman–Crippen LogP) is 3.62. The van der Waals surface area contributed by atoms with E-state index >= 15 is 0 Å². The normalized spacial score (nSPS) is 14.6. The smallest absolute Gasteiger partial charge is 0.322 e. The average molecular weight is 389 g/mol. The second-order valence-electron chi connectivity index (χ2n) is 5.79. The van der Waals surface area contributed by atoms with Gasteiger partial charge in [0, 0.05) is 38.3 Å². The molecule has 8 nitrogen and oxygen atoms in total. The molecule has 26 heavy (non-hydrogen) atoms. The van der Waals surface area contributed by atoms with Crippen LogP contribution in [0.1, 0.15) is 0 Å². The first-order valence-corrected chi connectivity index (χ1v) is 9.69. The summed E-state index contributed by atoms with van der Waals surface area (Å²) in [6.45, 7) is 2.57. The first-order valence-electron chi connectivity index (χ1n) is 7.99. The Morgan fingerprint density at radius 3 is 2.73 bits per heavy atom. The molecule has 0 unspecified atom stereocenters. The number of piperazine rings is 1. The molecule has 0 saturated carbocycles. The van der Waals surface area contributed by atoms with Crippen LogP contribution in [0, 0.1) is 10.1 Å². The summed E-state index contributed by atoms with van der Waals surface area (Å²) >= 11 is 2.93. The highest BCUT2D eigenvalue weighted by atomic mass is 32.1. The second kappa shape index (κ2) is 6.89. The van der Waals surface area contributed by atoms with Crippen molar-refractivity contribution < 1.29 is 9.72 Å². The molecule has 0 atom stereocenters. The molecule has 0 spiro atoms. The van der Waals surface area contributed by atoms with E-state index in [-0.39, 0.29) is 11.7 Å². The van der Waals surface area contributed by atoms with Crippen LogP contribution in [-0.2, 0) is 0 Å². The SMILES string of the molecule is O=C(Nc1cccs1)N1CCN(c2nc3ccc([N+](=O)[O-])cc3s2)CC1. The van der Waals surface area contributed by atoms with Crippen molar-refractivity contribution in [2.24, 2.45) is 0 Å². The number of nitro benzene ring substituents is 1. The molecule has 1 aromatic carbocycles. The number of hydrogen-bond acceptors (Lipinski definition) is 7. The summed E-state index contributed by atoms with van der Waals surface area (Å²) in [5, 5.41) is 17.4. The van der Waals surface area contributed by atoms with E-state index in [1.54, 1.807) is 17.0 Å². The molecule has 1 fully saturated rings. The Bertz CT molecular complexity index is 948. The number of nitro groups is 1. The number of rotatable bonds is 3. The Morgan fingerprint density at radius 2 is 2.04 bits per heavy atom. The van der Waals surface area contributed by atoms with Crippen LogP contribution in [0.25, 0.3) is 10.2 Å². The van der Waals surface area contributed by atoms with Gasteiger partial charge in [0.05, 0.1) is 20.1 Å². The van der Waals surface area contributed by atoms with Gasteiger partial charge in [-0.25, -0.2) is 9.78 Å². The summed E-state index contributed by atoms with van der Waals surface area (Å²) in [7, 11) is 0. The zero-order valence-corrected chi connectivity index (χ0v) is 15.3. The average Bonchev–Trinajstić information content (AvgIpc) is 3.30. The minimum absolute atomic E-state index is 0.0720. The zero-order valence-electron chi connectivity index (χ0n) is 13.6. The molecule has 0 aliphatic carbocycles. The van der Waals surface area contributed by atoms with Gasteiger partial charge in [-0.15, -0.1) is 11.3 Å². The van der Waals surface area contributed by atoms with E-state index in [0.29, 0.717) is 26.2 Å². The third kappa shape index (κ3) is 3.33. The van der Waals surface area contributed by atoms with E-state index in [0.717, 1.165) is 20.3 Å². The number of anilines is 2. The third-order valence-electron chi connectivity index (χ3n) is 4.16. The van der Waals surface area contributed by atoms with Gasteiger partial charge in [0.1, 0.15) is 0 Å². The molecule has 4 rings (SSSR count). The molecule has 1 saturated heterocycles. The summed E-state index contributed by atoms with van der Waals surface area (Å²) < 4.78 is 0.798. The van der Waals surface area contributed by atoms with Crippen LogP contribution in [0.5, 0.6) is 0 Å². The molecule has 1 aliphatic heterocycles. The topological polar surface area (TPSA) is 91.6 Å². The lowest BCUT2D eigenvalue weighted by atomic mass is 10.3. The monoisotopic (exact) mass is 389 g/mol. The number of thiazole rings is 1. The van der Waals surface area contributed by atoms with Crippen molar-refractivity contribution in [3.05, 3.63) is 45.8 Å². The van der Waals surface area contributed by atoms with E-state index in [1.165, 1.54) is 28.7 Å². The standard InChI is InChI=1S/C16H15N5O3S2/c22-15(18-14-2-1-9-25-14)19-5-7-20(8-6-19)16-17-12-4-3-11(21(23)24)10-13(12)26-16/h1-4,9-10H,5-8H2,(H,18,22). The number of hydrogen-bond donors (Lipinski definition) is 1. The summed E-state index contributed by atoms with van der Waals surface area (Å²) in [5.41, 5.74) is 0.830. The molecule has 0 radical (unpaired) electrons. The number of fused-ring (bicyclic) bond motifs is 1. The molecule has 2 amide bonds. The molecule has 10 heteroatoms. The van der Waals surface area contributed by atoms with Gasteiger partial charge in [0.2, 0.25) is 0 Å². The fourth-order valence-electron chi connectivity index (χ4n) is 2.78. The molecular formula is C16H15N5O3S2. The molecule has 2 aromatic heterocycles. The van der Waals surface area contributed by atoms with Crippen LogP contribution in [0.4, 0.5) is 20.6 Å². The number of carbonyl (C=O) groups excluding carboxylic acids is 1. The fourth-order valence-corrected chi connectivity index (χ4v) is 4.44. The number of nitrogens with one attached hydrogen (secondary N) is 1. The van der Waals surface area contributed by atoms with Crippen LogP contribution in [0.3, 0.4) is 0 Å². The lowest BCUT2D eigenvalue weighted by Crippen LogP contribution is -2.50. The van der Waals surface area contributed by atoms with Crippen molar-refractivity contribution >= 4 is 54.7 Å². The van der Waals surface area contributed by atoms with Crippen LogP contribution in [0.15, 0.2) is 35.7 Å². The second-order valence-corrected chi connectivity index (χ2v) is 7.74. The highest BCUT2D eigenvalue weighted by molar-refractivity contribution is 7.22. The molecule has 1 N–H and O–H groups in total. The summed E-state index contributed by atoms with van der Waals surface area (Å²) in [6.07, 6.45) is 0. The Labute approximate surface area is 156 Å². The van der Waals surface area contributed by atoms with E-state index in [2.05, 4.69) is 15.2 Å². The van der Waals surface area contributed by atoms with Gasteiger partial charge in [0.15, 0.2) is 5.13 Å². The third-order valence-corrected chi connectivity index (χ3v) is 6.02. The number of benzene rings is 1. The van der Waals surface area contributed by atoms with Gasteiger partial charge >= 0.3 is 6.03 Å². The van der Waals surface area contributed by atoms with E-state index in [4.69, 9.17) is 0 Å². The van der Waals surface area contributed by atoms with E-state index < -0.39 is 4.92 Å². The van der Waals surface area contributed by atoms with Crippen molar-refractivity contribution in [1.82, 2.24) is 9.88 Å². The number of thiophene rings is 1. The maximum atomic E-state index is 12.3. The highest BCUT2D eigenvalue weighted by Gasteiger charge is 2.23. The lowest BCUT2D eigenvalue weighted by molar-refractivity contribution is -0.384. The summed E-state index contributed by atoms with van der Waals surface area (Å²) in [5.74, 6) is 0. The van der Waals surface area contributed by atoms with Crippen LogP contribution in [-0.4, -0.2) is 47.0 Å². The predicted molar refractivity (Wildman–Crippen MR) is 103 cm³/mol. The lowest BCUT2D eigenvalue weighted by Gasteiger charge is -2.34. The molecule has 134 valence electrons. The Hall–Kier alpha value is -2.72. The van der Waals surface area contributed by atoms with Gasteiger partial charge in [-0.2, -0.15) is 0 Å². The number of urea groups is 1. The number of amides is 2. The first kappa shape index (κ1) is 16.7. The quantitative estimate of drug-likeness (QED) is 0.546. The van der Waals surface area contributed by atoms with Gasteiger partial charge in [-0.1, -0.05) is 11.3 Å². The number of non-ortho nitro benzene ring substituents is 1. The van der Waals surface area contributed by atoms with Crippen LogP contribution < -0.4 is 10.2 Å². The maximum Gasteiger partial charge on any atom is 0.322 e. The van der Waals surface area contributed by atoms with Crippen LogP contribution in [0.2, 0.25) is 0 Å². The minimum atomic E-state index is -0.399. The largest absolute Gasteiger partial charge is 0.345 e. The molecule has 3 heterocycles. The Kier molecular flexibility index (Phi) is 4.43. The minimum Gasteiger partial charge on any atom is -0.345 e. The Morgan fingerprint density at radius 1 is 1.23 bits per heavy atom. The van der Waals surface area contributed by atoms with Crippen molar-refractivity contribution in [3.63, 3.8) is 0 Å². The Balaban J connectivity index is 1.42. The number of aromatic nitrogens is 1. The summed E-state index contributed by atoms with van der Waals surface area (Å²) in [4.78, 5) is 31.3. The van der Waals surface area contributed by atoms with E-state index in [9.17, 15) is 14.9 Å². The molecule has 3 aromatic rings. The van der Waals surface area contributed by atoms with Crippen molar-refractivity contribution in [2.75, 3.05) is 36.4 Å². The van der Waals surface area contributed by atoms with Crippen molar-refractivity contribution in [3.8, 4) is 0 Å². The highest BCUT2D eigenvalue weighted by Crippen LogP contribution is 2.31. The molecule has 0 bridgehead atoms. The fraction of sp³-hybridized carbons (Fsp3) is 0.250. The number of carbonyl (C=O) groups is 1. The van der Waals surface area contributed by atoms with Crippen molar-refractivity contribution in [2.45, 2.75) is 0 Å². The van der Waals surface area contributed by atoms with E-state index in [1.807, 2.05) is 17.5 Å². The summed E-state index contributed by atoms with van der Waals surface area (Å²) in [6, 6.07) is 8.39. The van der Waals surface area contributed by atoms with Gasteiger partial charge in [-0.05, 0) is 23.6 Å². The first-order chi connectivity index (χ1) is 12.6. The van der Waals surface area contributed by atoms with Crippen molar-refractivity contribution in [1.29, 1.82) is 0 Å². The number of nitrogens with zero attached hydrogens (tertiary/aromatic N) is 4. The van der Waals surface area contributed by atoms with Gasteiger partial charge in [0.25, 0.3) is 5.69 Å². The van der Waals surface area contributed by atoms with Gasteiger partial charge in [-0.3, -0.25) is 15.4 Å². The molecule has 1 aliphatic rings.